The number of thiophene rings is 1. The molecule has 0 unspecified atom stereocenters. The molecule has 2 aliphatic rings. The molecule has 126 valence electrons. The van der Waals surface area contributed by atoms with Crippen LogP contribution in [0.5, 0.6) is 0 Å². The maximum Gasteiger partial charge on any atom is 0.263 e. The predicted octanol–water partition coefficient (Wildman–Crippen LogP) is -0.538. The van der Waals surface area contributed by atoms with Crippen LogP contribution < -0.4 is 10.3 Å². The van der Waals surface area contributed by atoms with Crippen molar-refractivity contribution in [2.45, 2.75) is 12.8 Å². The number of carbonyl (C=O) groups excluding carboxylic acids is 2. The highest BCUT2D eigenvalue weighted by Gasteiger charge is 2.29. The summed E-state index contributed by atoms with van der Waals surface area (Å²) in [5.41, 5.74) is 3.06. The quantitative estimate of drug-likeness (QED) is 0.779. The Balaban J connectivity index is 1.45. The van der Waals surface area contributed by atoms with E-state index in [0.717, 1.165) is 43.9 Å². The molecule has 0 aromatic carbocycles. The number of likely N-dealkylation sites (N-methyl/N-ethyl adjacent to an activating group) is 1. The van der Waals surface area contributed by atoms with Gasteiger partial charge in [-0.05, 0) is 24.3 Å². The Hall–Kier alpha value is -1.44. The molecule has 0 bridgehead atoms. The van der Waals surface area contributed by atoms with Gasteiger partial charge >= 0.3 is 0 Å². The van der Waals surface area contributed by atoms with Crippen LogP contribution in [0, 0.1) is 5.92 Å². The van der Waals surface area contributed by atoms with Crippen molar-refractivity contribution in [2.24, 2.45) is 5.92 Å². The van der Waals surface area contributed by atoms with Gasteiger partial charge in [-0.1, -0.05) is 6.07 Å². The molecule has 3 rings (SSSR count). The summed E-state index contributed by atoms with van der Waals surface area (Å²) in [4.78, 5) is 28.9. The van der Waals surface area contributed by atoms with Crippen molar-refractivity contribution in [3.8, 4) is 0 Å². The molecule has 7 heteroatoms. The van der Waals surface area contributed by atoms with Crippen LogP contribution in [-0.2, 0) is 4.79 Å². The topological polar surface area (TPSA) is 57.1 Å². The van der Waals surface area contributed by atoms with E-state index in [1.807, 2.05) is 27.4 Å². The van der Waals surface area contributed by atoms with Crippen molar-refractivity contribution in [3.05, 3.63) is 22.4 Å². The molecule has 23 heavy (non-hydrogen) atoms. The van der Waals surface area contributed by atoms with Gasteiger partial charge in [0.05, 0.1) is 38.1 Å². The number of rotatable bonds is 3. The zero-order valence-corrected chi connectivity index (χ0v) is 14.4. The molecule has 0 atom stereocenters. The monoisotopic (exact) mass is 337 g/mol. The first kappa shape index (κ1) is 16.4. The van der Waals surface area contributed by atoms with Crippen molar-refractivity contribution in [1.29, 1.82) is 0 Å². The number of carbonyl (C=O) groups is 2. The van der Waals surface area contributed by atoms with Gasteiger partial charge in [0.15, 0.2) is 0 Å². The molecular weight excluding hydrogens is 312 g/mol. The zero-order chi connectivity index (χ0) is 16.2. The third-order valence-electron chi connectivity index (χ3n) is 4.77. The van der Waals surface area contributed by atoms with Crippen LogP contribution in [0.1, 0.15) is 22.5 Å². The van der Waals surface area contributed by atoms with Crippen LogP contribution in [0.4, 0.5) is 0 Å². The smallest absolute Gasteiger partial charge is 0.263 e. The Labute approximate surface area is 141 Å². The largest absolute Gasteiger partial charge is 0.338 e. The summed E-state index contributed by atoms with van der Waals surface area (Å²) in [6.45, 7) is 5.28. The first-order chi connectivity index (χ1) is 11.1. The molecule has 2 fully saturated rings. The van der Waals surface area contributed by atoms with E-state index >= 15 is 0 Å². The number of quaternary nitrogens is 1. The van der Waals surface area contributed by atoms with E-state index in [9.17, 15) is 9.59 Å². The SMILES string of the molecule is C[NH+]1CCN(NC(=O)C2CCN(C(=O)c3cccs3)CC2)CC1. The van der Waals surface area contributed by atoms with Gasteiger partial charge in [-0.25, -0.2) is 5.01 Å². The van der Waals surface area contributed by atoms with Gasteiger partial charge in [0, 0.05) is 19.0 Å². The molecule has 2 amide bonds. The van der Waals surface area contributed by atoms with Crippen LogP contribution in [0.3, 0.4) is 0 Å². The molecule has 0 saturated carbocycles. The highest BCUT2D eigenvalue weighted by Crippen LogP contribution is 2.21. The summed E-state index contributed by atoms with van der Waals surface area (Å²) in [5, 5.41) is 3.96. The lowest BCUT2D eigenvalue weighted by Gasteiger charge is -2.34. The minimum Gasteiger partial charge on any atom is -0.338 e. The minimum absolute atomic E-state index is 0.0226. The number of hydrogen-bond acceptors (Lipinski definition) is 4. The highest BCUT2D eigenvalue weighted by molar-refractivity contribution is 7.12. The summed E-state index contributed by atoms with van der Waals surface area (Å²) in [7, 11) is 2.18. The molecule has 0 spiro atoms. The molecule has 2 saturated heterocycles. The lowest BCUT2D eigenvalue weighted by molar-refractivity contribution is -0.884. The van der Waals surface area contributed by atoms with Crippen molar-refractivity contribution < 1.29 is 14.5 Å². The summed E-state index contributed by atoms with van der Waals surface area (Å²) in [5.74, 6) is 0.239. The second-order valence-corrected chi connectivity index (χ2v) is 7.41. The van der Waals surface area contributed by atoms with E-state index in [4.69, 9.17) is 0 Å². The fourth-order valence-corrected chi connectivity index (χ4v) is 3.84. The molecule has 0 radical (unpaired) electrons. The Morgan fingerprint density at radius 1 is 1.22 bits per heavy atom. The van der Waals surface area contributed by atoms with Crippen LogP contribution in [-0.4, -0.2) is 68.0 Å². The second-order valence-electron chi connectivity index (χ2n) is 6.46. The van der Waals surface area contributed by atoms with E-state index in [-0.39, 0.29) is 17.7 Å². The van der Waals surface area contributed by atoms with Crippen LogP contribution in [0.15, 0.2) is 17.5 Å². The lowest BCUT2D eigenvalue weighted by Crippen LogP contribution is -3.12. The Kier molecular flexibility index (Phi) is 5.30. The zero-order valence-electron chi connectivity index (χ0n) is 13.6. The summed E-state index contributed by atoms with van der Waals surface area (Å²) < 4.78 is 0. The van der Waals surface area contributed by atoms with Crippen LogP contribution >= 0.6 is 11.3 Å². The highest BCUT2D eigenvalue weighted by atomic mass is 32.1. The molecule has 2 N–H and O–H groups in total. The van der Waals surface area contributed by atoms with Gasteiger partial charge in [-0.3, -0.25) is 15.0 Å². The van der Waals surface area contributed by atoms with E-state index < -0.39 is 0 Å². The molecule has 3 heterocycles. The number of hydrazine groups is 1. The van der Waals surface area contributed by atoms with Crippen molar-refractivity contribution in [1.82, 2.24) is 15.3 Å². The van der Waals surface area contributed by atoms with Gasteiger partial charge in [-0.2, -0.15) is 0 Å². The number of hydrogen-bond donors (Lipinski definition) is 2. The van der Waals surface area contributed by atoms with Gasteiger partial charge in [0.25, 0.3) is 5.91 Å². The Morgan fingerprint density at radius 2 is 1.91 bits per heavy atom. The van der Waals surface area contributed by atoms with Crippen molar-refractivity contribution in [3.63, 3.8) is 0 Å². The normalized spacial score (nSPS) is 21.3. The Morgan fingerprint density at radius 3 is 2.52 bits per heavy atom. The van der Waals surface area contributed by atoms with Crippen LogP contribution in [0.2, 0.25) is 0 Å². The first-order valence-corrected chi connectivity index (χ1v) is 9.21. The third-order valence-corrected chi connectivity index (χ3v) is 5.63. The van der Waals surface area contributed by atoms with Gasteiger partial charge in [-0.15, -0.1) is 11.3 Å². The fourth-order valence-electron chi connectivity index (χ4n) is 3.15. The number of piperazine rings is 1. The summed E-state index contributed by atoms with van der Waals surface area (Å²) >= 11 is 1.48. The van der Waals surface area contributed by atoms with Crippen LogP contribution in [0.25, 0.3) is 0 Å². The lowest BCUT2D eigenvalue weighted by atomic mass is 9.96. The van der Waals surface area contributed by atoms with E-state index in [2.05, 4.69) is 12.5 Å². The van der Waals surface area contributed by atoms with Gasteiger partial charge in [0.2, 0.25) is 5.91 Å². The maximum absolute atomic E-state index is 12.4. The number of amides is 2. The number of likely N-dealkylation sites (tertiary alicyclic amines) is 1. The standard InChI is InChI=1S/C16H24N4O2S/c1-18-8-10-20(11-9-18)17-15(21)13-4-6-19(7-5-13)16(22)14-3-2-12-23-14/h2-3,12-13H,4-11H2,1H3,(H,17,21)/p+1. The number of piperidine rings is 1. The fraction of sp³-hybridized carbons (Fsp3) is 0.625. The average Bonchev–Trinajstić information content (AvgIpc) is 3.11. The minimum atomic E-state index is 0.0226. The van der Waals surface area contributed by atoms with E-state index in [0.29, 0.717) is 13.1 Å². The molecule has 6 nitrogen and oxygen atoms in total. The number of nitrogens with zero attached hydrogens (tertiary/aromatic N) is 2. The summed E-state index contributed by atoms with van der Waals surface area (Å²) in [6, 6.07) is 3.76. The third kappa shape index (κ3) is 4.10. The van der Waals surface area contributed by atoms with E-state index in [1.54, 1.807) is 0 Å². The number of nitrogens with one attached hydrogen (secondary N) is 2. The average molecular weight is 337 g/mol. The summed E-state index contributed by atoms with van der Waals surface area (Å²) in [6.07, 6.45) is 1.50. The first-order valence-electron chi connectivity index (χ1n) is 8.33. The molecule has 1 aromatic rings. The van der Waals surface area contributed by atoms with Gasteiger partial charge in [0.1, 0.15) is 0 Å². The molecule has 2 aliphatic heterocycles. The predicted molar refractivity (Wildman–Crippen MR) is 89.3 cm³/mol. The molecule has 1 aromatic heterocycles. The Bertz CT molecular complexity index is 532. The molecule has 0 aliphatic carbocycles. The van der Waals surface area contributed by atoms with Crippen molar-refractivity contribution >= 4 is 23.2 Å². The maximum atomic E-state index is 12.4. The second kappa shape index (κ2) is 7.42. The van der Waals surface area contributed by atoms with E-state index in [1.165, 1.54) is 16.2 Å². The molecular formula is C16H25N4O2S+. The van der Waals surface area contributed by atoms with Crippen molar-refractivity contribution in [2.75, 3.05) is 46.3 Å². The van der Waals surface area contributed by atoms with Gasteiger partial charge < -0.3 is 9.80 Å².